The van der Waals surface area contributed by atoms with Crippen LogP contribution in [0.1, 0.15) is 25.0 Å². The van der Waals surface area contributed by atoms with Gasteiger partial charge in [-0.15, -0.1) is 10.2 Å². The van der Waals surface area contributed by atoms with Crippen molar-refractivity contribution in [3.63, 3.8) is 0 Å². The number of aromatic nitrogens is 3. The number of methoxy groups -OCH3 is 1. The van der Waals surface area contributed by atoms with E-state index >= 15 is 0 Å². The van der Waals surface area contributed by atoms with E-state index in [4.69, 9.17) is 4.74 Å². The standard InChI is InChI=1S/C27H28N4O3S/c1-4-18-11-10-12-19(5-2)25(18)28-24(33)17-35-27-30-29-26(20-13-6-8-15-22(20)32)31(27)21-14-7-9-16-23(21)34-3/h6-16,32H,4-5,17H2,1-3H3,(H,28,33). The molecule has 180 valence electrons. The van der Waals surface area contributed by atoms with E-state index in [0.29, 0.717) is 28.0 Å². The highest BCUT2D eigenvalue weighted by atomic mass is 32.2. The highest BCUT2D eigenvalue weighted by molar-refractivity contribution is 7.99. The van der Waals surface area contributed by atoms with Crippen LogP contribution >= 0.6 is 11.8 Å². The number of anilines is 1. The van der Waals surface area contributed by atoms with Crippen LogP contribution in [0.2, 0.25) is 0 Å². The third-order valence-electron chi connectivity index (χ3n) is 5.70. The third-order valence-corrected chi connectivity index (χ3v) is 6.63. The average molecular weight is 489 g/mol. The van der Waals surface area contributed by atoms with Gasteiger partial charge < -0.3 is 15.2 Å². The van der Waals surface area contributed by atoms with E-state index in [-0.39, 0.29) is 17.4 Å². The lowest BCUT2D eigenvalue weighted by atomic mass is 10.0. The van der Waals surface area contributed by atoms with Gasteiger partial charge in [0.05, 0.1) is 24.1 Å². The second-order valence-electron chi connectivity index (χ2n) is 7.83. The van der Waals surface area contributed by atoms with Crippen LogP contribution in [0.4, 0.5) is 5.69 Å². The first kappa shape index (κ1) is 24.3. The fourth-order valence-electron chi connectivity index (χ4n) is 3.94. The summed E-state index contributed by atoms with van der Waals surface area (Å²) in [4.78, 5) is 13.0. The van der Waals surface area contributed by atoms with Crippen molar-refractivity contribution < 1.29 is 14.6 Å². The van der Waals surface area contributed by atoms with Crippen molar-refractivity contribution in [2.75, 3.05) is 18.2 Å². The van der Waals surface area contributed by atoms with Crippen LogP contribution < -0.4 is 10.1 Å². The molecule has 0 aliphatic carbocycles. The van der Waals surface area contributed by atoms with E-state index in [2.05, 4.69) is 29.4 Å². The molecule has 1 heterocycles. The Kier molecular flexibility index (Phi) is 7.72. The Labute approximate surface area is 209 Å². The first-order valence-corrected chi connectivity index (χ1v) is 12.5. The summed E-state index contributed by atoms with van der Waals surface area (Å²) in [5.74, 6) is 1.20. The largest absolute Gasteiger partial charge is 0.507 e. The number of amides is 1. The summed E-state index contributed by atoms with van der Waals surface area (Å²) in [5, 5.41) is 22.8. The molecular weight excluding hydrogens is 460 g/mol. The Hall–Kier alpha value is -3.78. The van der Waals surface area contributed by atoms with Gasteiger partial charge in [0, 0.05) is 5.69 Å². The summed E-state index contributed by atoms with van der Waals surface area (Å²) >= 11 is 1.28. The highest BCUT2D eigenvalue weighted by Gasteiger charge is 2.21. The van der Waals surface area contributed by atoms with Crippen molar-refractivity contribution in [1.82, 2.24) is 14.8 Å². The van der Waals surface area contributed by atoms with Crippen LogP contribution in [0.25, 0.3) is 17.1 Å². The van der Waals surface area contributed by atoms with Crippen molar-refractivity contribution in [3.8, 4) is 28.6 Å². The number of thioether (sulfide) groups is 1. The smallest absolute Gasteiger partial charge is 0.234 e. The van der Waals surface area contributed by atoms with Crippen LogP contribution in [0.3, 0.4) is 0 Å². The summed E-state index contributed by atoms with van der Waals surface area (Å²) in [5.41, 5.74) is 4.37. The van der Waals surface area contributed by atoms with Crippen molar-refractivity contribution in [2.45, 2.75) is 31.8 Å². The number of nitrogens with one attached hydrogen (secondary N) is 1. The molecule has 1 aromatic heterocycles. The molecule has 2 N–H and O–H groups in total. The SMILES string of the molecule is CCc1cccc(CC)c1NC(=O)CSc1nnc(-c2ccccc2O)n1-c1ccccc1OC. The van der Waals surface area contributed by atoms with Gasteiger partial charge in [0.1, 0.15) is 11.5 Å². The van der Waals surface area contributed by atoms with Crippen LogP contribution in [0, 0.1) is 0 Å². The van der Waals surface area contributed by atoms with Gasteiger partial charge in [0.2, 0.25) is 5.91 Å². The van der Waals surface area contributed by atoms with Crippen LogP contribution in [-0.2, 0) is 17.6 Å². The fourth-order valence-corrected chi connectivity index (χ4v) is 4.69. The Balaban J connectivity index is 1.66. The van der Waals surface area contributed by atoms with E-state index in [9.17, 15) is 9.90 Å². The number of aromatic hydroxyl groups is 1. The predicted octanol–water partition coefficient (Wildman–Crippen LogP) is 5.50. The van der Waals surface area contributed by atoms with Gasteiger partial charge in [-0.05, 0) is 48.2 Å². The molecular formula is C27H28N4O3S. The number of phenols is 1. The average Bonchev–Trinajstić information content (AvgIpc) is 3.31. The zero-order chi connectivity index (χ0) is 24.8. The maximum atomic E-state index is 13.0. The second kappa shape index (κ2) is 11.1. The lowest BCUT2D eigenvalue weighted by Crippen LogP contribution is -2.17. The number of hydrogen-bond donors (Lipinski definition) is 2. The quantitative estimate of drug-likeness (QED) is 0.302. The Morgan fingerprint density at radius 2 is 1.66 bits per heavy atom. The van der Waals surface area contributed by atoms with Gasteiger partial charge >= 0.3 is 0 Å². The second-order valence-corrected chi connectivity index (χ2v) is 8.77. The molecule has 8 heteroatoms. The molecule has 0 aliphatic heterocycles. The normalized spacial score (nSPS) is 10.8. The molecule has 7 nitrogen and oxygen atoms in total. The summed E-state index contributed by atoms with van der Waals surface area (Å²) < 4.78 is 7.38. The monoisotopic (exact) mass is 488 g/mol. The highest BCUT2D eigenvalue weighted by Crippen LogP contribution is 2.35. The molecule has 35 heavy (non-hydrogen) atoms. The van der Waals surface area contributed by atoms with E-state index in [1.165, 1.54) is 11.8 Å². The van der Waals surface area contributed by atoms with Crippen LogP contribution in [0.15, 0.2) is 71.9 Å². The number of benzene rings is 3. The Morgan fingerprint density at radius 3 is 2.34 bits per heavy atom. The number of nitrogens with zero attached hydrogens (tertiary/aromatic N) is 3. The fraction of sp³-hybridized carbons (Fsp3) is 0.222. The summed E-state index contributed by atoms with van der Waals surface area (Å²) in [6.45, 7) is 4.16. The minimum Gasteiger partial charge on any atom is -0.507 e. The Morgan fingerprint density at radius 1 is 0.971 bits per heavy atom. The van der Waals surface area contributed by atoms with Gasteiger partial charge in [0.15, 0.2) is 11.0 Å². The van der Waals surface area contributed by atoms with E-state index < -0.39 is 0 Å². The number of carbonyl (C=O) groups excluding carboxylic acids is 1. The lowest BCUT2D eigenvalue weighted by molar-refractivity contribution is -0.113. The molecule has 0 saturated heterocycles. The van der Waals surface area contributed by atoms with Gasteiger partial charge in [-0.2, -0.15) is 0 Å². The van der Waals surface area contributed by atoms with Crippen molar-refractivity contribution in [3.05, 3.63) is 77.9 Å². The van der Waals surface area contributed by atoms with E-state index in [1.54, 1.807) is 25.3 Å². The number of ether oxygens (including phenoxy) is 1. The zero-order valence-corrected chi connectivity index (χ0v) is 20.8. The van der Waals surface area contributed by atoms with Gasteiger partial charge in [0.25, 0.3) is 0 Å². The first-order chi connectivity index (χ1) is 17.1. The van der Waals surface area contributed by atoms with Gasteiger partial charge in [-0.3, -0.25) is 9.36 Å². The lowest BCUT2D eigenvalue weighted by Gasteiger charge is -2.15. The topological polar surface area (TPSA) is 89.3 Å². The van der Waals surface area contributed by atoms with Gasteiger partial charge in [-0.25, -0.2) is 0 Å². The molecule has 0 spiro atoms. The van der Waals surface area contributed by atoms with Crippen LogP contribution in [-0.4, -0.2) is 38.6 Å². The molecule has 0 saturated carbocycles. The molecule has 0 fully saturated rings. The predicted molar refractivity (Wildman–Crippen MR) is 140 cm³/mol. The van der Waals surface area contributed by atoms with Crippen LogP contribution in [0.5, 0.6) is 11.5 Å². The third kappa shape index (κ3) is 5.17. The summed E-state index contributed by atoms with van der Waals surface area (Å²) in [6, 6.07) is 20.6. The minimum atomic E-state index is -0.121. The maximum absolute atomic E-state index is 13.0. The molecule has 0 atom stereocenters. The number of rotatable bonds is 9. The maximum Gasteiger partial charge on any atom is 0.234 e. The number of aryl methyl sites for hydroxylation is 2. The number of carbonyl (C=O) groups is 1. The number of para-hydroxylation sites is 4. The first-order valence-electron chi connectivity index (χ1n) is 11.5. The summed E-state index contributed by atoms with van der Waals surface area (Å²) in [7, 11) is 1.60. The van der Waals surface area contributed by atoms with Crippen molar-refractivity contribution >= 4 is 23.4 Å². The molecule has 0 bridgehead atoms. The molecule has 0 radical (unpaired) electrons. The molecule has 4 rings (SSSR count). The molecule has 0 aliphatic rings. The van der Waals surface area contributed by atoms with Crippen molar-refractivity contribution in [1.29, 1.82) is 0 Å². The van der Waals surface area contributed by atoms with E-state index in [0.717, 1.165) is 29.7 Å². The zero-order valence-electron chi connectivity index (χ0n) is 20.0. The minimum absolute atomic E-state index is 0.0913. The Bertz CT molecular complexity index is 1310. The van der Waals surface area contributed by atoms with Gasteiger partial charge in [-0.1, -0.05) is 68.1 Å². The number of hydrogen-bond acceptors (Lipinski definition) is 6. The molecule has 0 unspecified atom stereocenters. The molecule has 3 aromatic carbocycles. The summed E-state index contributed by atoms with van der Waals surface area (Å²) in [6.07, 6.45) is 1.67. The number of phenolic OH excluding ortho intramolecular Hbond substituents is 1. The molecule has 4 aromatic rings. The van der Waals surface area contributed by atoms with Crippen molar-refractivity contribution in [2.24, 2.45) is 0 Å². The van der Waals surface area contributed by atoms with E-state index in [1.807, 2.05) is 53.1 Å². The molecule has 1 amide bonds.